The summed E-state index contributed by atoms with van der Waals surface area (Å²) in [5.41, 5.74) is 0.730. The number of carbonyl (C=O) groups is 1. The first-order chi connectivity index (χ1) is 14.2. The van der Waals surface area contributed by atoms with Gasteiger partial charge in [0.15, 0.2) is 5.71 Å². The standard InChI is InChI=1S/C20H19ClF3N3O3/c1-12-5-4-6-15(18(27-29-3)19(28)25-2)16(12)11-30-26-10-13-7-8-14(21)9-17(13)20(22,23)24/h4-10H,11H2,1-3H3,(H,25,28)/b26-10+,27-18+. The van der Waals surface area contributed by atoms with Crippen LogP contribution in [0.3, 0.4) is 0 Å². The van der Waals surface area contributed by atoms with Crippen molar-refractivity contribution in [2.75, 3.05) is 14.2 Å². The molecule has 160 valence electrons. The van der Waals surface area contributed by atoms with Gasteiger partial charge in [0.2, 0.25) is 0 Å². The molecule has 0 aliphatic carbocycles. The molecule has 0 radical (unpaired) electrons. The zero-order valence-corrected chi connectivity index (χ0v) is 17.1. The average Bonchev–Trinajstić information content (AvgIpc) is 2.70. The zero-order chi connectivity index (χ0) is 22.3. The lowest BCUT2D eigenvalue weighted by Gasteiger charge is -2.13. The monoisotopic (exact) mass is 441 g/mol. The molecule has 0 fully saturated rings. The van der Waals surface area contributed by atoms with Gasteiger partial charge in [0, 0.05) is 28.8 Å². The fourth-order valence-electron chi connectivity index (χ4n) is 2.62. The van der Waals surface area contributed by atoms with E-state index in [0.29, 0.717) is 11.1 Å². The highest BCUT2D eigenvalue weighted by molar-refractivity contribution is 6.45. The molecule has 10 heteroatoms. The summed E-state index contributed by atoms with van der Waals surface area (Å²) in [6.07, 6.45) is -3.63. The van der Waals surface area contributed by atoms with Gasteiger partial charge >= 0.3 is 6.18 Å². The number of rotatable bonds is 7. The van der Waals surface area contributed by atoms with E-state index in [2.05, 4.69) is 15.6 Å². The third-order valence-electron chi connectivity index (χ3n) is 4.09. The van der Waals surface area contributed by atoms with E-state index >= 15 is 0 Å². The van der Waals surface area contributed by atoms with Crippen molar-refractivity contribution in [3.63, 3.8) is 0 Å². The lowest BCUT2D eigenvalue weighted by Crippen LogP contribution is -2.29. The van der Waals surface area contributed by atoms with Crippen LogP contribution < -0.4 is 5.32 Å². The molecule has 0 saturated heterocycles. The van der Waals surface area contributed by atoms with Crippen LogP contribution in [0.2, 0.25) is 5.02 Å². The number of likely N-dealkylation sites (N-methyl/N-ethyl adjacent to an activating group) is 1. The van der Waals surface area contributed by atoms with E-state index in [9.17, 15) is 18.0 Å². The minimum atomic E-state index is -4.59. The Kier molecular flexibility index (Phi) is 7.82. The number of benzene rings is 2. The molecule has 0 unspecified atom stereocenters. The summed E-state index contributed by atoms with van der Waals surface area (Å²) in [7, 11) is 2.76. The SMILES string of the molecule is CNC(=O)/C(=N/OC)c1cccc(C)c1CO/N=C/c1ccc(Cl)cc1C(F)(F)F. The van der Waals surface area contributed by atoms with Crippen LogP contribution in [-0.4, -0.2) is 32.0 Å². The summed E-state index contributed by atoms with van der Waals surface area (Å²) in [4.78, 5) is 22.1. The number of amides is 1. The number of nitrogens with zero attached hydrogens (tertiary/aromatic N) is 2. The molecule has 0 bridgehead atoms. The molecule has 30 heavy (non-hydrogen) atoms. The van der Waals surface area contributed by atoms with Gasteiger partial charge in [-0.3, -0.25) is 4.79 Å². The second-order valence-corrected chi connectivity index (χ2v) is 6.48. The smallest absolute Gasteiger partial charge is 0.398 e. The van der Waals surface area contributed by atoms with E-state index in [1.54, 1.807) is 25.1 Å². The molecule has 0 spiro atoms. The number of hydrogen-bond acceptors (Lipinski definition) is 5. The van der Waals surface area contributed by atoms with Gasteiger partial charge < -0.3 is 15.0 Å². The van der Waals surface area contributed by atoms with E-state index in [-0.39, 0.29) is 22.9 Å². The molecule has 0 aliphatic heterocycles. The highest BCUT2D eigenvalue weighted by Crippen LogP contribution is 2.33. The summed E-state index contributed by atoms with van der Waals surface area (Å²) in [6, 6.07) is 8.53. The topological polar surface area (TPSA) is 72.3 Å². The first-order valence-electron chi connectivity index (χ1n) is 8.63. The quantitative estimate of drug-likeness (QED) is 0.514. The van der Waals surface area contributed by atoms with E-state index in [1.165, 1.54) is 26.3 Å². The van der Waals surface area contributed by atoms with Crippen LogP contribution in [0, 0.1) is 6.92 Å². The number of halogens is 4. The Balaban J connectivity index is 2.28. The normalized spacial score (nSPS) is 12.2. The van der Waals surface area contributed by atoms with E-state index in [0.717, 1.165) is 17.8 Å². The van der Waals surface area contributed by atoms with Gasteiger partial charge in [0.25, 0.3) is 5.91 Å². The van der Waals surface area contributed by atoms with Crippen LogP contribution in [0.1, 0.15) is 27.8 Å². The van der Waals surface area contributed by atoms with E-state index in [1.807, 2.05) is 0 Å². The van der Waals surface area contributed by atoms with E-state index in [4.69, 9.17) is 21.3 Å². The van der Waals surface area contributed by atoms with Gasteiger partial charge in [-0.15, -0.1) is 0 Å². The van der Waals surface area contributed by atoms with Crippen molar-refractivity contribution in [2.24, 2.45) is 10.3 Å². The number of nitrogens with one attached hydrogen (secondary N) is 1. The summed E-state index contributed by atoms with van der Waals surface area (Å²) in [5, 5.41) is 9.85. The molecule has 2 aromatic rings. The maximum absolute atomic E-state index is 13.2. The number of carbonyl (C=O) groups excluding carboxylic acids is 1. The van der Waals surface area contributed by atoms with Crippen molar-refractivity contribution in [2.45, 2.75) is 19.7 Å². The third kappa shape index (κ3) is 5.73. The first kappa shape index (κ1) is 23.2. The molecule has 2 rings (SSSR count). The van der Waals surface area contributed by atoms with Crippen LogP contribution in [-0.2, 0) is 27.3 Å². The van der Waals surface area contributed by atoms with Crippen LogP contribution in [0.4, 0.5) is 13.2 Å². The van der Waals surface area contributed by atoms with Gasteiger partial charge in [0.1, 0.15) is 13.7 Å². The third-order valence-corrected chi connectivity index (χ3v) is 4.32. The average molecular weight is 442 g/mol. The fourth-order valence-corrected chi connectivity index (χ4v) is 2.79. The first-order valence-corrected chi connectivity index (χ1v) is 9.01. The molecule has 2 aromatic carbocycles. The highest BCUT2D eigenvalue weighted by atomic mass is 35.5. The Morgan fingerprint density at radius 3 is 2.63 bits per heavy atom. The Labute approximate surface area is 176 Å². The number of hydrogen-bond donors (Lipinski definition) is 1. The predicted octanol–water partition coefficient (Wildman–Crippen LogP) is 4.31. The van der Waals surface area contributed by atoms with E-state index < -0.39 is 17.6 Å². The number of alkyl halides is 3. The van der Waals surface area contributed by atoms with Crippen molar-refractivity contribution < 1.29 is 27.6 Å². The second-order valence-electron chi connectivity index (χ2n) is 6.04. The largest absolute Gasteiger partial charge is 0.417 e. The summed E-state index contributed by atoms with van der Waals surface area (Å²) < 4.78 is 39.5. The molecule has 1 amide bonds. The molecule has 0 heterocycles. The van der Waals surface area contributed by atoms with Crippen molar-refractivity contribution in [1.82, 2.24) is 5.32 Å². The Morgan fingerprint density at radius 1 is 1.27 bits per heavy atom. The molecule has 1 N–H and O–H groups in total. The van der Waals surface area contributed by atoms with Crippen LogP contribution in [0.25, 0.3) is 0 Å². The number of oxime groups is 2. The zero-order valence-electron chi connectivity index (χ0n) is 16.4. The lowest BCUT2D eigenvalue weighted by molar-refractivity contribution is -0.137. The maximum atomic E-state index is 13.2. The summed E-state index contributed by atoms with van der Waals surface area (Å²) in [6.45, 7) is 1.69. The highest BCUT2D eigenvalue weighted by Gasteiger charge is 2.33. The van der Waals surface area contributed by atoms with Crippen molar-refractivity contribution in [1.29, 1.82) is 0 Å². The molecule has 0 atom stereocenters. The van der Waals surface area contributed by atoms with Crippen molar-refractivity contribution >= 4 is 29.4 Å². The Hall–Kier alpha value is -3.07. The number of aryl methyl sites for hydroxylation is 1. The molecule has 0 aromatic heterocycles. The summed E-state index contributed by atoms with van der Waals surface area (Å²) in [5.74, 6) is -0.469. The van der Waals surface area contributed by atoms with Gasteiger partial charge in [-0.1, -0.05) is 46.2 Å². The van der Waals surface area contributed by atoms with Gasteiger partial charge in [-0.05, 0) is 24.6 Å². The van der Waals surface area contributed by atoms with Crippen LogP contribution >= 0.6 is 11.6 Å². The lowest BCUT2D eigenvalue weighted by atomic mass is 9.98. The fraction of sp³-hybridized carbons (Fsp3) is 0.250. The summed E-state index contributed by atoms with van der Waals surface area (Å²) >= 11 is 5.66. The second kappa shape index (κ2) is 10.1. The molecule has 6 nitrogen and oxygen atoms in total. The van der Waals surface area contributed by atoms with Crippen molar-refractivity contribution in [3.8, 4) is 0 Å². The minimum Gasteiger partial charge on any atom is -0.398 e. The van der Waals surface area contributed by atoms with Gasteiger partial charge in [0.05, 0.1) is 11.8 Å². The Bertz CT molecular complexity index is 975. The van der Waals surface area contributed by atoms with Crippen LogP contribution in [0.15, 0.2) is 46.7 Å². The molecule has 0 saturated carbocycles. The Morgan fingerprint density at radius 2 is 2.00 bits per heavy atom. The maximum Gasteiger partial charge on any atom is 0.417 e. The molecular formula is C20H19ClF3N3O3. The minimum absolute atomic E-state index is 0.0309. The predicted molar refractivity (Wildman–Crippen MR) is 108 cm³/mol. The van der Waals surface area contributed by atoms with Crippen LogP contribution in [0.5, 0.6) is 0 Å². The van der Waals surface area contributed by atoms with Gasteiger partial charge in [-0.2, -0.15) is 13.2 Å². The van der Waals surface area contributed by atoms with Crippen molar-refractivity contribution in [3.05, 3.63) is 69.2 Å². The van der Waals surface area contributed by atoms with Gasteiger partial charge in [-0.25, -0.2) is 0 Å². The molecular weight excluding hydrogens is 423 g/mol. The molecule has 0 aliphatic rings.